The lowest BCUT2D eigenvalue weighted by Crippen LogP contribution is -2.19. The average molecular weight is 289 g/mol. The van der Waals surface area contributed by atoms with E-state index in [-0.39, 0.29) is 0 Å². The molecule has 0 radical (unpaired) electrons. The van der Waals surface area contributed by atoms with E-state index in [1.165, 1.54) is 0 Å². The molecular formula is C14H15N3O2S. The monoisotopic (exact) mass is 289 g/mol. The van der Waals surface area contributed by atoms with Gasteiger partial charge < -0.3 is 20.1 Å². The largest absolute Gasteiger partial charge is 0.493 e. The fourth-order valence-electron chi connectivity index (χ4n) is 1.64. The molecule has 0 aliphatic carbocycles. The molecule has 1 aromatic heterocycles. The Kier molecular flexibility index (Phi) is 4.73. The molecule has 0 saturated carbocycles. The van der Waals surface area contributed by atoms with Crippen LogP contribution in [-0.2, 0) is 0 Å². The predicted molar refractivity (Wildman–Crippen MR) is 83.6 cm³/mol. The summed E-state index contributed by atoms with van der Waals surface area (Å²) in [7, 11) is 3.19. The van der Waals surface area contributed by atoms with Gasteiger partial charge in [-0.2, -0.15) is 0 Å². The number of nitrogens with one attached hydrogen (secondary N) is 2. The Morgan fingerprint density at radius 2 is 1.60 bits per heavy atom. The van der Waals surface area contributed by atoms with Gasteiger partial charge in [-0.15, -0.1) is 0 Å². The van der Waals surface area contributed by atoms with Crippen molar-refractivity contribution in [3.05, 3.63) is 42.7 Å². The van der Waals surface area contributed by atoms with Crippen LogP contribution in [0.5, 0.6) is 11.5 Å². The molecule has 0 fully saturated rings. The summed E-state index contributed by atoms with van der Waals surface area (Å²) in [5.74, 6) is 1.32. The van der Waals surface area contributed by atoms with E-state index in [1.54, 1.807) is 26.6 Å². The van der Waals surface area contributed by atoms with Crippen molar-refractivity contribution in [2.75, 3.05) is 24.9 Å². The van der Waals surface area contributed by atoms with Crippen molar-refractivity contribution in [3.8, 4) is 11.5 Å². The van der Waals surface area contributed by atoms with Gasteiger partial charge in [0.25, 0.3) is 0 Å². The fourth-order valence-corrected chi connectivity index (χ4v) is 1.88. The predicted octanol–water partition coefficient (Wildman–Crippen LogP) is 2.91. The number of hydrogen-bond donors (Lipinski definition) is 2. The Hall–Kier alpha value is -2.34. The minimum Gasteiger partial charge on any atom is -0.493 e. The molecule has 104 valence electrons. The minimum atomic E-state index is 0.489. The summed E-state index contributed by atoms with van der Waals surface area (Å²) in [6, 6.07) is 9.17. The molecule has 1 aromatic carbocycles. The number of hydrogen-bond acceptors (Lipinski definition) is 4. The third-order valence-electron chi connectivity index (χ3n) is 2.58. The van der Waals surface area contributed by atoms with Gasteiger partial charge in [0.05, 0.1) is 14.2 Å². The standard InChI is InChI=1S/C14H15N3O2S/c1-18-12-4-3-11(9-13(12)19-2)17-14(20)16-10-5-7-15-8-6-10/h3-9H,1-2H3,(H2,15,16,17,20). The SMILES string of the molecule is COc1ccc(NC(=S)Nc2ccncc2)cc1OC. The average Bonchev–Trinajstić information content (AvgIpc) is 2.48. The van der Waals surface area contributed by atoms with Gasteiger partial charge in [0, 0.05) is 29.8 Å². The van der Waals surface area contributed by atoms with Crippen LogP contribution in [-0.4, -0.2) is 24.3 Å². The van der Waals surface area contributed by atoms with Crippen molar-refractivity contribution in [2.45, 2.75) is 0 Å². The number of benzene rings is 1. The van der Waals surface area contributed by atoms with Gasteiger partial charge in [-0.05, 0) is 36.5 Å². The molecule has 2 N–H and O–H groups in total. The number of rotatable bonds is 4. The van der Waals surface area contributed by atoms with Crippen molar-refractivity contribution in [2.24, 2.45) is 0 Å². The van der Waals surface area contributed by atoms with Gasteiger partial charge >= 0.3 is 0 Å². The summed E-state index contributed by atoms with van der Waals surface area (Å²) in [5.41, 5.74) is 1.69. The topological polar surface area (TPSA) is 55.4 Å². The van der Waals surface area contributed by atoms with Crippen molar-refractivity contribution < 1.29 is 9.47 Å². The van der Waals surface area contributed by atoms with Crippen LogP contribution in [0, 0.1) is 0 Å². The van der Waals surface area contributed by atoms with Crippen LogP contribution in [0.3, 0.4) is 0 Å². The highest BCUT2D eigenvalue weighted by molar-refractivity contribution is 7.80. The van der Waals surface area contributed by atoms with Crippen LogP contribution >= 0.6 is 12.2 Å². The van der Waals surface area contributed by atoms with Crippen molar-refractivity contribution in [1.82, 2.24) is 4.98 Å². The molecule has 0 saturated heterocycles. The molecule has 1 heterocycles. The lowest BCUT2D eigenvalue weighted by Gasteiger charge is -2.13. The van der Waals surface area contributed by atoms with Crippen LogP contribution in [0.4, 0.5) is 11.4 Å². The normalized spacial score (nSPS) is 9.70. The molecule has 0 unspecified atom stereocenters. The minimum absolute atomic E-state index is 0.489. The fraction of sp³-hybridized carbons (Fsp3) is 0.143. The van der Waals surface area contributed by atoms with E-state index in [4.69, 9.17) is 21.7 Å². The lowest BCUT2D eigenvalue weighted by molar-refractivity contribution is 0.355. The van der Waals surface area contributed by atoms with Crippen LogP contribution in [0.1, 0.15) is 0 Å². The summed E-state index contributed by atoms with van der Waals surface area (Å²) in [6.07, 6.45) is 3.39. The van der Waals surface area contributed by atoms with Gasteiger partial charge in [-0.3, -0.25) is 4.98 Å². The van der Waals surface area contributed by atoms with Crippen LogP contribution in [0.2, 0.25) is 0 Å². The lowest BCUT2D eigenvalue weighted by atomic mass is 10.3. The highest BCUT2D eigenvalue weighted by Crippen LogP contribution is 2.29. The zero-order chi connectivity index (χ0) is 14.4. The van der Waals surface area contributed by atoms with Crippen molar-refractivity contribution in [3.63, 3.8) is 0 Å². The number of anilines is 2. The zero-order valence-electron chi connectivity index (χ0n) is 11.2. The molecule has 0 aliphatic rings. The Labute approximate surface area is 122 Å². The van der Waals surface area contributed by atoms with Crippen LogP contribution in [0.25, 0.3) is 0 Å². The highest BCUT2D eigenvalue weighted by Gasteiger charge is 2.05. The zero-order valence-corrected chi connectivity index (χ0v) is 12.0. The Bertz CT molecular complexity index is 590. The van der Waals surface area contributed by atoms with Crippen molar-refractivity contribution in [1.29, 1.82) is 0 Å². The van der Waals surface area contributed by atoms with E-state index in [1.807, 2.05) is 30.3 Å². The Balaban J connectivity index is 2.04. The summed E-state index contributed by atoms with van der Waals surface area (Å²) in [5, 5.41) is 6.63. The summed E-state index contributed by atoms with van der Waals surface area (Å²) >= 11 is 5.24. The number of nitrogens with zero attached hydrogens (tertiary/aromatic N) is 1. The van der Waals surface area contributed by atoms with Gasteiger partial charge in [-0.25, -0.2) is 0 Å². The molecule has 0 atom stereocenters. The number of thiocarbonyl (C=S) groups is 1. The molecule has 2 aromatic rings. The van der Waals surface area contributed by atoms with Gasteiger partial charge in [-0.1, -0.05) is 0 Å². The molecule has 2 rings (SSSR count). The quantitative estimate of drug-likeness (QED) is 0.844. The number of pyridine rings is 1. The third-order valence-corrected chi connectivity index (χ3v) is 2.78. The van der Waals surface area contributed by atoms with Crippen molar-refractivity contribution >= 4 is 28.7 Å². The van der Waals surface area contributed by atoms with E-state index in [2.05, 4.69) is 15.6 Å². The number of ether oxygens (including phenoxy) is 2. The van der Waals surface area contributed by atoms with Gasteiger partial charge in [0.2, 0.25) is 0 Å². The maximum atomic E-state index is 5.24. The van der Waals surface area contributed by atoms with Gasteiger partial charge in [0.1, 0.15) is 0 Å². The number of methoxy groups -OCH3 is 2. The second-order valence-corrected chi connectivity index (χ2v) is 4.29. The van der Waals surface area contributed by atoms with E-state index in [9.17, 15) is 0 Å². The van der Waals surface area contributed by atoms with E-state index in [0.717, 1.165) is 11.4 Å². The Morgan fingerprint density at radius 1 is 0.950 bits per heavy atom. The first-order valence-corrected chi connectivity index (χ1v) is 6.34. The highest BCUT2D eigenvalue weighted by atomic mass is 32.1. The molecule has 0 amide bonds. The van der Waals surface area contributed by atoms with E-state index in [0.29, 0.717) is 16.6 Å². The molecule has 6 heteroatoms. The first kappa shape index (κ1) is 14.1. The Morgan fingerprint density at radius 3 is 2.25 bits per heavy atom. The molecule has 0 bridgehead atoms. The smallest absolute Gasteiger partial charge is 0.175 e. The molecule has 20 heavy (non-hydrogen) atoms. The third kappa shape index (κ3) is 3.58. The molecule has 0 aliphatic heterocycles. The molecule has 5 nitrogen and oxygen atoms in total. The second-order valence-electron chi connectivity index (χ2n) is 3.88. The first-order chi connectivity index (χ1) is 9.72. The maximum Gasteiger partial charge on any atom is 0.175 e. The second kappa shape index (κ2) is 6.72. The van der Waals surface area contributed by atoms with E-state index < -0.39 is 0 Å². The van der Waals surface area contributed by atoms with Gasteiger partial charge in [0.15, 0.2) is 16.6 Å². The summed E-state index contributed by atoms with van der Waals surface area (Å²) < 4.78 is 10.4. The molecular weight excluding hydrogens is 274 g/mol. The maximum absolute atomic E-state index is 5.24. The summed E-state index contributed by atoms with van der Waals surface area (Å²) in [4.78, 5) is 3.94. The van der Waals surface area contributed by atoms with Crippen LogP contribution in [0.15, 0.2) is 42.7 Å². The number of aromatic nitrogens is 1. The first-order valence-electron chi connectivity index (χ1n) is 5.93. The molecule has 0 spiro atoms. The van der Waals surface area contributed by atoms with Crippen LogP contribution < -0.4 is 20.1 Å². The van der Waals surface area contributed by atoms with E-state index >= 15 is 0 Å². The summed E-state index contributed by atoms with van der Waals surface area (Å²) in [6.45, 7) is 0.